The van der Waals surface area contributed by atoms with Crippen molar-refractivity contribution in [3.63, 3.8) is 0 Å². The largest absolute Gasteiger partial charge is 0.497 e. The first kappa shape index (κ1) is 13.6. The number of hydrogen-bond acceptors (Lipinski definition) is 5. The summed E-state index contributed by atoms with van der Waals surface area (Å²) in [5, 5.41) is -0.0195. The molecule has 1 heterocycles. The van der Waals surface area contributed by atoms with Crippen LogP contribution >= 0.6 is 11.6 Å². The van der Waals surface area contributed by atoms with Gasteiger partial charge in [0.05, 0.1) is 12.0 Å². The molecule has 0 atom stereocenters. The molecule has 0 unspecified atom stereocenters. The van der Waals surface area contributed by atoms with Gasteiger partial charge in [0.2, 0.25) is 0 Å². The Balaban J connectivity index is 2.35. The van der Waals surface area contributed by atoms with E-state index in [0.29, 0.717) is 5.75 Å². The number of aromatic nitrogens is 2. The SMILES string of the molecule is COc1cccc(S(=O)(=O)Nc2nccnc2Cl)c1. The van der Waals surface area contributed by atoms with Gasteiger partial charge >= 0.3 is 0 Å². The zero-order valence-electron chi connectivity index (χ0n) is 9.87. The van der Waals surface area contributed by atoms with Crippen LogP contribution in [-0.4, -0.2) is 25.5 Å². The number of nitrogens with zero attached hydrogens (tertiary/aromatic N) is 2. The van der Waals surface area contributed by atoms with Crippen LogP contribution in [0.4, 0.5) is 5.82 Å². The zero-order chi connectivity index (χ0) is 13.9. The number of rotatable bonds is 4. The molecule has 0 radical (unpaired) electrons. The molecule has 0 amide bonds. The zero-order valence-corrected chi connectivity index (χ0v) is 11.4. The summed E-state index contributed by atoms with van der Waals surface area (Å²) in [5.41, 5.74) is 0. The maximum absolute atomic E-state index is 12.1. The highest BCUT2D eigenvalue weighted by atomic mass is 35.5. The van der Waals surface area contributed by atoms with E-state index >= 15 is 0 Å². The highest BCUT2D eigenvalue weighted by molar-refractivity contribution is 7.92. The van der Waals surface area contributed by atoms with Gasteiger partial charge in [-0.1, -0.05) is 17.7 Å². The quantitative estimate of drug-likeness (QED) is 0.933. The number of sulfonamides is 1. The van der Waals surface area contributed by atoms with Crippen LogP contribution < -0.4 is 9.46 Å². The molecule has 19 heavy (non-hydrogen) atoms. The third-order valence-electron chi connectivity index (χ3n) is 2.24. The van der Waals surface area contributed by atoms with Crippen molar-refractivity contribution >= 4 is 27.4 Å². The lowest BCUT2D eigenvalue weighted by atomic mass is 10.3. The molecule has 0 saturated carbocycles. The molecular weight excluding hydrogens is 290 g/mol. The van der Waals surface area contributed by atoms with Crippen LogP contribution in [0.2, 0.25) is 5.15 Å². The number of halogens is 1. The fourth-order valence-electron chi connectivity index (χ4n) is 1.34. The minimum Gasteiger partial charge on any atom is -0.497 e. The molecule has 1 aromatic carbocycles. The summed E-state index contributed by atoms with van der Waals surface area (Å²) in [5.74, 6) is 0.417. The molecule has 2 rings (SSSR count). The molecule has 0 aliphatic heterocycles. The Kier molecular flexibility index (Phi) is 3.87. The number of nitrogens with one attached hydrogen (secondary N) is 1. The fourth-order valence-corrected chi connectivity index (χ4v) is 2.60. The Morgan fingerprint density at radius 3 is 2.68 bits per heavy atom. The Bertz CT molecular complexity index is 691. The summed E-state index contributed by atoms with van der Waals surface area (Å²) in [4.78, 5) is 7.61. The summed E-state index contributed by atoms with van der Waals surface area (Å²) in [7, 11) is -2.33. The van der Waals surface area contributed by atoms with Crippen LogP contribution in [0, 0.1) is 0 Å². The molecule has 0 aliphatic carbocycles. The van der Waals surface area contributed by atoms with Gasteiger partial charge in [-0.25, -0.2) is 18.4 Å². The minimum atomic E-state index is -3.79. The molecule has 1 N–H and O–H groups in total. The number of benzene rings is 1. The first-order chi connectivity index (χ1) is 9.03. The predicted molar refractivity (Wildman–Crippen MR) is 70.8 cm³/mol. The van der Waals surface area contributed by atoms with Gasteiger partial charge in [-0.2, -0.15) is 0 Å². The van der Waals surface area contributed by atoms with Gasteiger partial charge in [-0.15, -0.1) is 0 Å². The van der Waals surface area contributed by atoms with Crippen LogP contribution in [0.25, 0.3) is 0 Å². The predicted octanol–water partition coefficient (Wildman–Crippen LogP) is 1.94. The van der Waals surface area contributed by atoms with E-state index in [-0.39, 0.29) is 15.9 Å². The van der Waals surface area contributed by atoms with Gasteiger partial charge in [-0.05, 0) is 12.1 Å². The van der Waals surface area contributed by atoms with E-state index in [1.54, 1.807) is 12.1 Å². The van der Waals surface area contributed by atoms with Gasteiger partial charge in [0.25, 0.3) is 10.0 Å². The first-order valence-corrected chi connectivity index (χ1v) is 7.02. The van der Waals surface area contributed by atoms with E-state index in [1.807, 2.05) is 0 Å². The lowest BCUT2D eigenvalue weighted by Gasteiger charge is -2.08. The number of ether oxygens (including phenoxy) is 1. The van der Waals surface area contributed by atoms with Gasteiger partial charge in [0.15, 0.2) is 11.0 Å². The average molecular weight is 300 g/mol. The third kappa shape index (κ3) is 3.12. The van der Waals surface area contributed by atoms with Crippen molar-refractivity contribution in [2.75, 3.05) is 11.8 Å². The smallest absolute Gasteiger partial charge is 0.263 e. The van der Waals surface area contributed by atoms with E-state index in [0.717, 1.165) is 0 Å². The summed E-state index contributed by atoms with van der Waals surface area (Å²) in [6, 6.07) is 6.06. The molecule has 8 heteroatoms. The van der Waals surface area contributed by atoms with Gasteiger partial charge in [0, 0.05) is 18.5 Å². The van der Waals surface area contributed by atoms with E-state index in [9.17, 15) is 8.42 Å². The van der Waals surface area contributed by atoms with Crippen molar-refractivity contribution in [1.82, 2.24) is 9.97 Å². The van der Waals surface area contributed by atoms with Crippen LogP contribution in [0.3, 0.4) is 0 Å². The standard InChI is InChI=1S/C11H10ClN3O3S/c1-18-8-3-2-4-9(7-8)19(16,17)15-11-10(12)13-5-6-14-11/h2-7H,1H3,(H,14,15). The summed E-state index contributed by atoms with van der Waals surface area (Å²) in [6.07, 6.45) is 2.71. The van der Waals surface area contributed by atoms with Crippen molar-refractivity contribution in [1.29, 1.82) is 0 Å². The second kappa shape index (κ2) is 5.41. The van der Waals surface area contributed by atoms with Gasteiger partial charge in [-0.3, -0.25) is 4.72 Å². The molecule has 0 bridgehead atoms. The van der Waals surface area contributed by atoms with E-state index < -0.39 is 10.0 Å². The molecule has 0 saturated heterocycles. The average Bonchev–Trinajstić information content (AvgIpc) is 2.41. The van der Waals surface area contributed by atoms with Crippen LogP contribution in [-0.2, 0) is 10.0 Å². The summed E-state index contributed by atoms with van der Waals surface area (Å²) >= 11 is 5.75. The topological polar surface area (TPSA) is 81.2 Å². The minimum absolute atomic E-state index is 0.0195. The molecule has 2 aromatic rings. The number of hydrogen-bond donors (Lipinski definition) is 1. The van der Waals surface area contributed by atoms with Crippen LogP contribution in [0.15, 0.2) is 41.6 Å². The molecule has 0 spiro atoms. The van der Waals surface area contributed by atoms with E-state index in [2.05, 4.69) is 14.7 Å². The van der Waals surface area contributed by atoms with Crippen molar-refractivity contribution < 1.29 is 13.2 Å². The van der Waals surface area contributed by atoms with Crippen molar-refractivity contribution in [3.05, 3.63) is 41.8 Å². The fraction of sp³-hybridized carbons (Fsp3) is 0.0909. The molecule has 100 valence electrons. The summed E-state index contributed by atoms with van der Waals surface area (Å²) < 4.78 is 31.5. The lowest BCUT2D eigenvalue weighted by molar-refractivity contribution is 0.413. The van der Waals surface area contributed by atoms with Crippen molar-refractivity contribution in [2.45, 2.75) is 4.90 Å². The lowest BCUT2D eigenvalue weighted by Crippen LogP contribution is -2.14. The van der Waals surface area contributed by atoms with Crippen molar-refractivity contribution in [2.24, 2.45) is 0 Å². The highest BCUT2D eigenvalue weighted by Gasteiger charge is 2.17. The Labute approximate surface area is 115 Å². The van der Waals surface area contributed by atoms with Gasteiger partial charge < -0.3 is 4.74 Å². The number of anilines is 1. The Morgan fingerprint density at radius 1 is 1.26 bits per heavy atom. The normalized spacial score (nSPS) is 11.1. The second-order valence-corrected chi connectivity index (χ2v) is 5.52. The van der Waals surface area contributed by atoms with Crippen LogP contribution in [0.5, 0.6) is 5.75 Å². The molecule has 6 nitrogen and oxygen atoms in total. The first-order valence-electron chi connectivity index (χ1n) is 5.16. The molecule has 0 aliphatic rings. The summed E-state index contributed by atoms with van der Waals surface area (Å²) in [6.45, 7) is 0. The molecule has 0 fully saturated rings. The van der Waals surface area contributed by atoms with Gasteiger partial charge in [0.1, 0.15) is 5.75 Å². The van der Waals surface area contributed by atoms with Crippen LogP contribution in [0.1, 0.15) is 0 Å². The maximum Gasteiger partial charge on any atom is 0.263 e. The highest BCUT2D eigenvalue weighted by Crippen LogP contribution is 2.22. The second-order valence-electron chi connectivity index (χ2n) is 3.48. The van der Waals surface area contributed by atoms with Crippen molar-refractivity contribution in [3.8, 4) is 5.75 Å². The Morgan fingerprint density at radius 2 is 2.00 bits per heavy atom. The Hall–Kier alpha value is -1.86. The van der Waals surface area contributed by atoms with E-state index in [1.165, 1.54) is 31.6 Å². The third-order valence-corrected chi connectivity index (χ3v) is 3.85. The molecular formula is C11H10ClN3O3S. The number of methoxy groups -OCH3 is 1. The monoisotopic (exact) mass is 299 g/mol. The molecule has 1 aromatic heterocycles. The van der Waals surface area contributed by atoms with E-state index in [4.69, 9.17) is 16.3 Å². The maximum atomic E-state index is 12.1.